The lowest BCUT2D eigenvalue weighted by Gasteiger charge is -2.11. The molecule has 1 amide bonds. The van der Waals surface area contributed by atoms with Crippen LogP contribution in [-0.2, 0) is 9.53 Å². The van der Waals surface area contributed by atoms with Gasteiger partial charge in [0.25, 0.3) is 5.91 Å². The Balaban J connectivity index is 2.72. The molecule has 0 saturated heterocycles. The molecule has 0 aliphatic heterocycles. The van der Waals surface area contributed by atoms with Crippen molar-refractivity contribution in [2.24, 2.45) is 0 Å². The Bertz CT molecular complexity index is 457. The average molecular weight is 252 g/mol. The number of carbonyl (C=O) groups is 2. The summed E-state index contributed by atoms with van der Waals surface area (Å²) in [6, 6.07) is 4.55. The van der Waals surface area contributed by atoms with Crippen molar-refractivity contribution in [2.75, 3.05) is 33.5 Å². The highest BCUT2D eigenvalue weighted by Gasteiger charge is 2.12. The number of nitrogen functional groups attached to an aromatic ring is 1. The molecule has 0 aliphatic rings. The molecule has 18 heavy (non-hydrogen) atoms. The molecule has 1 aromatic carbocycles. The highest BCUT2D eigenvalue weighted by molar-refractivity contribution is 5.92. The molecule has 0 spiro atoms. The number of likely N-dealkylation sites (N-methyl/N-ethyl adjacent to an activating group) is 1. The van der Waals surface area contributed by atoms with Gasteiger partial charge in [-0.1, -0.05) is 0 Å². The van der Waals surface area contributed by atoms with Crippen molar-refractivity contribution < 1.29 is 19.1 Å². The first-order chi connectivity index (χ1) is 8.43. The summed E-state index contributed by atoms with van der Waals surface area (Å²) in [6.45, 7) is -0.303. The summed E-state index contributed by atoms with van der Waals surface area (Å²) < 4.78 is 9.85. The van der Waals surface area contributed by atoms with Crippen molar-refractivity contribution in [3.63, 3.8) is 0 Å². The van der Waals surface area contributed by atoms with Gasteiger partial charge >= 0.3 is 5.97 Å². The maximum absolute atomic E-state index is 11.7. The smallest absolute Gasteiger partial charge is 0.338 e. The number of anilines is 1. The zero-order valence-corrected chi connectivity index (χ0v) is 10.6. The van der Waals surface area contributed by atoms with Crippen LogP contribution in [0.15, 0.2) is 18.2 Å². The molecule has 0 saturated carbocycles. The Morgan fingerprint density at radius 2 is 1.94 bits per heavy atom. The van der Waals surface area contributed by atoms with E-state index in [1.807, 2.05) is 0 Å². The second-order valence-corrected chi connectivity index (χ2v) is 3.86. The minimum atomic E-state index is -0.615. The van der Waals surface area contributed by atoms with Gasteiger partial charge in [-0.15, -0.1) is 0 Å². The summed E-state index contributed by atoms with van der Waals surface area (Å²) in [6.07, 6.45) is 0. The molecule has 0 unspecified atom stereocenters. The number of nitrogens with two attached hydrogens (primary N) is 1. The molecular formula is C12H16N2O4. The predicted octanol–water partition coefficient (Wildman–Crippen LogP) is 0.522. The topological polar surface area (TPSA) is 81.9 Å². The van der Waals surface area contributed by atoms with Gasteiger partial charge in [0, 0.05) is 25.8 Å². The quantitative estimate of drug-likeness (QED) is 0.624. The molecule has 6 heteroatoms. The van der Waals surface area contributed by atoms with Crippen LogP contribution in [0.3, 0.4) is 0 Å². The van der Waals surface area contributed by atoms with E-state index in [-0.39, 0.29) is 18.1 Å². The third-order valence-electron chi connectivity index (χ3n) is 2.23. The lowest BCUT2D eigenvalue weighted by Crippen LogP contribution is -2.27. The molecule has 0 fully saturated rings. The van der Waals surface area contributed by atoms with Crippen LogP contribution in [-0.4, -0.2) is 44.6 Å². The van der Waals surface area contributed by atoms with Crippen molar-refractivity contribution in [2.45, 2.75) is 0 Å². The van der Waals surface area contributed by atoms with Gasteiger partial charge in [-0.25, -0.2) is 4.79 Å². The number of ether oxygens (including phenoxy) is 2. The molecule has 98 valence electrons. The maximum atomic E-state index is 11.7. The van der Waals surface area contributed by atoms with Crippen LogP contribution in [0.2, 0.25) is 0 Å². The van der Waals surface area contributed by atoms with Crippen LogP contribution in [0.25, 0.3) is 0 Å². The lowest BCUT2D eigenvalue weighted by atomic mass is 10.2. The molecule has 2 N–H and O–H groups in total. The van der Waals surface area contributed by atoms with Crippen LogP contribution < -0.4 is 10.5 Å². The van der Waals surface area contributed by atoms with Crippen LogP contribution >= 0.6 is 0 Å². The van der Waals surface area contributed by atoms with Crippen molar-refractivity contribution in [3.8, 4) is 5.75 Å². The second-order valence-electron chi connectivity index (χ2n) is 3.86. The number of rotatable bonds is 4. The molecular weight excluding hydrogens is 236 g/mol. The van der Waals surface area contributed by atoms with E-state index in [1.54, 1.807) is 20.2 Å². The van der Waals surface area contributed by atoms with Crippen molar-refractivity contribution in [1.82, 2.24) is 4.90 Å². The number of methoxy groups -OCH3 is 1. The van der Waals surface area contributed by atoms with Crippen molar-refractivity contribution >= 4 is 17.6 Å². The zero-order chi connectivity index (χ0) is 13.7. The first kappa shape index (κ1) is 13.8. The van der Waals surface area contributed by atoms with E-state index in [1.165, 1.54) is 24.1 Å². The summed E-state index contributed by atoms with van der Waals surface area (Å²) in [7, 11) is 4.64. The van der Waals surface area contributed by atoms with Crippen molar-refractivity contribution in [3.05, 3.63) is 23.8 Å². The standard InChI is InChI=1S/C12H16N2O4/c1-14(2)11(15)7-18-12(16)8-4-9(13)6-10(5-8)17-3/h4-6H,7,13H2,1-3H3. The molecule has 0 aromatic heterocycles. The van der Waals surface area contributed by atoms with Gasteiger partial charge in [0.2, 0.25) is 0 Å². The van der Waals surface area contributed by atoms with Gasteiger partial charge in [0.05, 0.1) is 12.7 Å². The van der Waals surface area contributed by atoms with E-state index in [9.17, 15) is 9.59 Å². The van der Waals surface area contributed by atoms with Crippen LogP contribution in [0.4, 0.5) is 5.69 Å². The van der Waals surface area contributed by atoms with Crippen LogP contribution in [0.1, 0.15) is 10.4 Å². The summed E-state index contributed by atoms with van der Waals surface area (Å²) in [4.78, 5) is 24.3. The minimum Gasteiger partial charge on any atom is -0.497 e. The Kier molecular flexibility index (Phi) is 4.53. The second kappa shape index (κ2) is 5.90. The third kappa shape index (κ3) is 3.65. The summed E-state index contributed by atoms with van der Waals surface area (Å²) in [5, 5.41) is 0. The van der Waals surface area contributed by atoms with Gasteiger partial charge in [-0.2, -0.15) is 0 Å². The zero-order valence-electron chi connectivity index (χ0n) is 10.6. The SMILES string of the molecule is COc1cc(N)cc(C(=O)OCC(=O)N(C)C)c1. The van der Waals surface area contributed by atoms with E-state index in [0.717, 1.165) is 0 Å². The van der Waals surface area contributed by atoms with E-state index in [4.69, 9.17) is 15.2 Å². The van der Waals surface area contributed by atoms with Crippen molar-refractivity contribution in [1.29, 1.82) is 0 Å². The largest absolute Gasteiger partial charge is 0.497 e. The maximum Gasteiger partial charge on any atom is 0.338 e. The normalized spacial score (nSPS) is 9.72. The molecule has 0 heterocycles. The van der Waals surface area contributed by atoms with Crippen LogP contribution in [0.5, 0.6) is 5.75 Å². The molecule has 0 radical (unpaired) electrons. The fraction of sp³-hybridized carbons (Fsp3) is 0.333. The van der Waals surface area contributed by atoms with E-state index in [2.05, 4.69) is 0 Å². The Morgan fingerprint density at radius 1 is 1.28 bits per heavy atom. The Hall–Kier alpha value is -2.24. The molecule has 1 rings (SSSR count). The number of hydrogen-bond donors (Lipinski definition) is 1. The number of amides is 1. The lowest BCUT2D eigenvalue weighted by molar-refractivity contribution is -0.131. The van der Waals surface area contributed by atoms with Gasteiger partial charge in [0.15, 0.2) is 6.61 Å². The van der Waals surface area contributed by atoms with Gasteiger partial charge in [-0.05, 0) is 12.1 Å². The first-order valence-corrected chi connectivity index (χ1v) is 5.26. The number of esters is 1. The number of carbonyl (C=O) groups excluding carboxylic acids is 2. The molecule has 0 bridgehead atoms. The van der Waals surface area contributed by atoms with Gasteiger partial charge in [-0.3, -0.25) is 4.79 Å². The molecule has 1 aromatic rings. The van der Waals surface area contributed by atoms with E-state index < -0.39 is 5.97 Å². The first-order valence-electron chi connectivity index (χ1n) is 5.26. The summed E-state index contributed by atoms with van der Waals surface area (Å²) >= 11 is 0. The van der Waals surface area contributed by atoms with E-state index in [0.29, 0.717) is 11.4 Å². The number of hydrogen-bond acceptors (Lipinski definition) is 5. The van der Waals surface area contributed by atoms with Crippen LogP contribution in [0, 0.1) is 0 Å². The molecule has 0 atom stereocenters. The van der Waals surface area contributed by atoms with Gasteiger partial charge < -0.3 is 20.1 Å². The van der Waals surface area contributed by atoms with E-state index >= 15 is 0 Å². The fourth-order valence-electron chi connectivity index (χ4n) is 1.20. The number of nitrogens with zero attached hydrogens (tertiary/aromatic N) is 1. The number of benzene rings is 1. The fourth-order valence-corrected chi connectivity index (χ4v) is 1.20. The predicted molar refractivity (Wildman–Crippen MR) is 66.4 cm³/mol. The minimum absolute atomic E-state index is 0.249. The molecule has 0 aliphatic carbocycles. The monoisotopic (exact) mass is 252 g/mol. The highest BCUT2D eigenvalue weighted by Crippen LogP contribution is 2.19. The Morgan fingerprint density at radius 3 is 2.50 bits per heavy atom. The van der Waals surface area contributed by atoms with Gasteiger partial charge in [0.1, 0.15) is 5.75 Å². The third-order valence-corrected chi connectivity index (χ3v) is 2.23. The summed E-state index contributed by atoms with van der Waals surface area (Å²) in [5.74, 6) is -0.448. The highest BCUT2D eigenvalue weighted by atomic mass is 16.5. The average Bonchev–Trinajstić information content (AvgIpc) is 2.34. The molecule has 6 nitrogen and oxygen atoms in total. The summed E-state index contributed by atoms with van der Waals surface area (Å²) in [5.41, 5.74) is 6.25. The Labute approximate surface area is 105 Å².